The van der Waals surface area contributed by atoms with Crippen LogP contribution in [0.4, 0.5) is 5.69 Å². The topological polar surface area (TPSA) is 73.3 Å². The summed E-state index contributed by atoms with van der Waals surface area (Å²) in [6, 6.07) is 7.20. The van der Waals surface area contributed by atoms with Crippen molar-refractivity contribution >= 4 is 34.7 Å². The molecule has 0 saturated carbocycles. The molecule has 0 spiro atoms. The highest BCUT2D eigenvalue weighted by molar-refractivity contribution is 8.02. The summed E-state index contributed by atoms with van der Waals surface area (Å²) in [5.41, 5.74) is 0.726. The number of rotatable bonds is 7. The molecule has 6 nitrogen and oxygen atoms in total. The van der Waals surface area contributed by atoms with Gasteiger partial charge in [-0.15, -0.1) is 5.10 Å². The standard InChI is InChI=1S/C15H19N3O3S2/c1-9(2)21-14-17-18-15(23-14)22-10(3)13(19)16-11-5-7-12(20-4)8-6-11/h5-10H,1-4H3,(H,16,19). The van der Waals surface area contributed by atoms with Crippen LogP contribution in [0.25, 0.3) is 0 Å². The second-order valence-electron chi connectivity index (χ2n) is 4.98. The van der Waals surface area contributed by atoms with Crippen LogP contribution < -0.4 is 14.8 Å². The summed E-state index contributed by atoms with van der Waals surface area (Å²) in [5, 5.41) is 11.1. The molecule has 0 bridgehead atoms. The first-order valence-corrected chi connectivity index (χ1v) is 8.79. The Hall–Kier alpha value is -1.80. The van der Waals surface area contributed by atoms with Gasteiger partial charge in [-0.2, -0.15) is 0 Å². The van der Waals surface area contributed by atoms with Crippen LogP contribution in [0.1, 0.15) is 20.8 Å². The normalized spacial score (nSPS) is 12.0. The van der Waals surface area contributed by atoms with E-state index in [1.165, 1.54) is 23.1 Å². The van der Waals surface area contributed by atoms with Crippen molar-refractivity contribution in [2.75, 3.05) is 12.4 Å². The largest absolute Gasteiger partial charge is 0.497 e. The van der Waals surface area contributed by atoms with Crippen molar-refractivity contribution in [3.05, 3.63) is 24.3 Å². The van der Waals surface area contributed by atoms with Gasteiger partial charge >= 0.3 is 0 Å². The van der Waals surface area contributed by atoms with Crippen LogP contribution >= 0.6 is 23.1 Å². The summed E-state index contributed by atoms with van der Waals surface area (Å²) in [7, 11) is 1.60. The number of nitrogens with zero attached hydrogens (tertiary/aromatic N) is 2. The molecule has 0 aliphatic heterocycles. The summed E-state index contributed by atoms with van der Waals surface area (Å²) >= 11 is 2.69. The first-order valence-electron chi connectivity index (χ1n) is 7.09. The van der Waals surface area contributed by atoms with Gasteiger partial charge in [0, 0.05) is 5.69 Å². The van der Waals surface area contributed by atoms with E-state index in [9.17, 15) is 4.79 Å². The van der Waals surface area contributed by atoms with Gasteiger partial charge in [0.15, 0.2) is 4.34 Å². The van der Waals surface area contributed by atoms with Gasteiger partial charge in [-0.25, -0.2) is 0 Å². The van der Waals surface area contributed by atoms with Crippen LogP contribution in [0.15, 0.2) is 28.6 Å². The summed E-state index contributed by atoms with van der Waals surface area (Å²) in [6.45, 7) is 5.69. The highest BCUT2D eigenvalue weighted by Crippen LogP contribution is 2.31. The molecule has 8 heteroatoms. The van der Waals surface area contributed by atoms with Gasteiger partial charge in [-0.1, -0.05) is 16.9 Å². The first-order chi connectivity index (χ1) is 11.0. The molecule has 1 aromatic carbocycles. The van der Waals surface area contributed by atoms with Gasteiger partial charge in [0.1, 0.15) is 5.75 Å². The Morgan fingerprint density at radius 2 is 1.91 bits per heavy atom. The molecule has 1 N–H and O–H groups in total. The molecule has 1 aromatic heterocycles. The molecule has 1 atom stereocenters. The molecule has 1 heterocycles. The van der Waals surface area contributed by atoms with Crippen molar-refractivity contribution in [3.63, 3.8) is 0 Å². The molecular formula is C15H19N3O3S2. The van der Waals surface area contributed by atoms with Crippen molar-refractivity contribution < 1.29 is 14.3 Å². The molecule has 0 saturated heterocycles. The van der Waals surface area contributed by atoms with Crippen molar-refractivity contribution in [2.45, 2.75) is 36.5 Å². The smallest absolute Gasteiger partial charge is 0.295 e. The lowest BCUT2D eigenvalue weighted by Gasteiger charge is -2.10. The number of carbonyl (C=O) groups is 1. The number of thioether (sulfide) groups is 1. The molecule has 1 amide bonds. The lowest BCUT2D eigenvalue weighted by Crippen LogP contribution is -2.22. The Kier molecular flexibility index (Phi) is 6.23. The monoisotopic (exact) mass is 353 g/mol. The third-order valence-corrected chi connectivity index (χ3v) is 4.73. The van der Waals surface area contributed by atoms with Crippen LogP contribution in [0, 0.1) is 0 Å². The number of anilines is 1. The molecule has 2 rings (SSSR count). The highest BCUT2D eigenvalue weighted by atomic mass is 32.2. The van der Waals surface area contributed by atoms with Crippen LogP contribution in [0.3, 0.4) is 0 Å². The number of hydrogen-bond donors (Lipinski definition) is 1. The van der Waals surface area contributed by atoms with Gasteiger partial charge < -0.3 is 14.8 Å². The Balaban J connectivity index is 1.90. The van der Waals surface area contributed by atoms with E-state index in [2.05, 4.69) is 15.5 Å². The van der Waals surface area contributed by atoms with E-state index >= 15 is 0 Å². The van der Waals surface area contributed by atoms with Crippen LogP contribution in [0.2, 0.25) is 0 Å². The molecule has 0 radical (unpaired) electrons. The average Bonchev–Trinajstić information content (AvgIpc) is 2.94. The third-order valence-electron chi connectivity index (χ3n) is 2.73. The molecule has 0 aliphatic carbocycles. The van der Waals surface area contributed by atoms with Crippen LogP contribution in [0.5, 0.6) is 10.9 Å². The summed E-state index contributed by atoms with van der Waals surface area (Å²) in [6.07, 6.45) is 0.0524. The molecule has 23 heavy (non-hydrogen) atoms. The molecule has 124 valence electrons. The SMILES string of the molecule is COc1ccc(NC(=O)C(C)Sc2nnc(OC(C)C)s2)cc1. The third kappa shape index (κ3) is 5.40. The minimum atomic E-state index is -0.294. The number of ether oxygens (including phenoxy) is 2. The van der Waals surface area contributed by atoms with Crippen molar-refractivity contribution in [3.8, 4) is 10.9 Å². The maximum Gasteiger partial charge on any atom is 0.295 e. The minimum absolute atomic E-state index is 0.0524. The fourth-order valence-corrected chi connectivity index (χ4v) is 3.57. The van der Waals surface area contributed by atoms with Crippen molar-refractivity contribution in [1.82, 2.24) is 10.2 Å². The number of carbonyl (C=O) groups excluding carboxylic acids is 1. The second kappa shape index (κ2) is 8.16. The lowest BCUT2D eigenvalue weighted by atomic mass is 10.3. The fourth-order valence-electron chi connectivity index (χ4n) is 1.62. The van der Waals surface area contributed by atoms with E-state index in [-0.39, 0.29) is 17.3 Å². The van der Waals surface area contributed by atoms with E-state index in [1.54, 1.807) is 31.4 Å². The van der Waals surface area contributed by atoms with Crippen molar-refractivity contribution in [1.29, 1.82) is 0 Å². The number of amides is 1. The maximum absolute atomic E-state index is 12.2. The predicted octanol–water partition coefficient (Wildman–Crippen LogP) is 3.45. The number of benzene rings is 1. The molecule has 1 unspecified atom stereocenters. The Morgan fingerprint density at radius 1 is 1.22 bits per heavy atom. The minimum Gasteiger partial charge on any atom is -0.497 e. The molecular weight excluding hydrogens is 334 g/mol. The van der Waals surface area contributed by atoms with Gasteiger partial charge in [-0.3, -0.25) is 4.79 Å². The summed E-state index contributed by atoms with van der Waals surface area (Å²) in [5.74, 6) is 0.652. The number of nitrogens with one attached hydrogen (secondary N) is 1. The highest BCUT2D eigenvalue weighted by Gasteiger charge is 2.18. The fraction of sp³-hybridized carbons (Fsp3) is 0.400. The lowest BCUT2D eigenvalue weighted by molar-refractivity contribution is -0.115. The Morgan fingerprint density at radius 3 is 2.52 bits per heavy atom. The number of hydrogen-bond acceptors (Lipinski definition) is 7. The number of aromatic nitrogens is 2. The van der Waals surface area contributed by atoms with E-state index in [4.69, 9.17) is 9.47 Å². The molecule has 0 fully saturated rings. The average molecular weight is 353 g/mol. The van der Waals surface area contributed by atoms with E-state index in [1.807, 2.05) is 20.8 Å². The first kappa shape index (κ1) is 17.6. The molecule has 0 aliphatic rings. The predicted molar refractivity (Wildman–Crippen MR) is 92.6 cm³/mol. The van der Waals surface area contributed by atoms with Crippen molar-refractivity contribution in [2.24, 2.45) is 0 Å². The zero-order valence-electron chi connectivity index (χ0n) is 13.4. The van der Waals surface area contributed by atoms with E-state index in [0.29, 0.717) is 9.53 Å². The van der Waals surface area contributed by atoms with Gasteiger partial charge in [0.05, 0.1) is 18.5 Å². The zero-order chi connectivity index (χ0) is 16.8. The summed E-state index contributed by atoms with van der Waals surface area (Å²) < 4.78 is 11.3. The number of methoxy groups -OCH3 is 1. The van der Waals surface area contributed by atoms with E-state index < -0.39 is 0 Å². The maximum atomic E-state index is 12.2. The molecule has 2 aromatic rings. The van der Waals surface area contributed by atoms with Gasteiger partial charge in [0.2, 0.25) is 5.91 Å². The Labute approximate surface area is 143 Å². The Bertz CT molecular complexity index is 644. The van der Waals surface area contributed by atoms with Crippen LogP contribution in [-0.2, 0) is 4.79 Å². The van der Waals surface area contributed by atoms with Gasteiger partial charge in [-0.05, 0) is 56.4 Å². The zero-order valence-corrected chi connectivity index (χ0v) is 15.0. The quantitative estimate of drug-likeness (QED) is 0.769. The van der Waals surface area contributed by atoms with E-state index in [0.717, 1.165) is 11.4 Å². The second-order valence-corrected chi connectivity index (χ2v) is 7.51. The van der Waals surface area contributed by atoms with Gasteiger partial charge in [0.25, 0.3) is 5.19 Å². The van der Waals surface area contributed by atoms with Crippen LogP contribution in [-0.4, -0.2) is 34.6 Å². The summed E-state index contributed by atoms with van der Waals surface area (Å²) in [4.78, 5) is 12.2.